The van der Waals surface area contributed by atoms with E-state index in [-0.39, 0.29) is 19.6 Å². The Kier molecular flexibility index (Phi) is 8.02. The number of nitrogens with one attached hydrogen (secondary N) is 1. The van der Waals surface area contributed by atoms with Crippen molar-refractivity contribution < 1.29 is 28.6 Å². The summed E-state index contributed by atoms with van der Waals surface area (Å²) in [5, 5.41) is 3.16. The van der Waals surface area contributed by atoms with Crippen LogP contribution in [0.25, 0.3) is 0 Å². The molecule has 1 heterocycles. The van der Waals surface area contributed by atoms with E-state index in [0.717, 1.165) is 11.8 Å². The summed E-state index contributed by atoms with van der Waals surface area (Å²) in [6.07, 6.45) is 7.15. The molecule has 0 aliphatic carbocycles. The number of carbonyl (C=O) groups excluding carboxylic acids is 3. The van der Waals surface area contributed by atoms with Crippen molar-refractivity contribution in [3.8, 4) is 5.75 Å². The zero-order valence-electron chi connectivity index (χ0n) is 18.7. The fourth-order valence-corrected chi connectivity index (χ4v) is 3.67. The third-order valence-corrected chi connectivity index (χ3v) is 5.17. The molecule has 0 saturated carbocycles. The van der Waals surface area contributed by atoms with Gasteiger partial charge in [0.05, 0.1) is 17.9 Å². The number of hydrogen-bond donors (Lipinski definition) is 1. The number of benzene rings is 2. The first-order valence-corrected chi connectivity index (χ1v) is 10.7. The molecule has 0 fully saturated rings. The zero-order chi connectivity index (χ0) is 23.7. The van der Waals surface area contributed by atoms with Crippen LogP contribution in [-0.2, 0) is 31.3 Å². The minimum atomic E-state index is -1.27. The highest BCUT2D eigenvalue weighted by Crippen LogP contribution is 2.39. The predicted molar refractivity (Wildman–Crippen MR) is 122 cm³/mol. The molecule has 172 valence electrons. The molecule has 1 aliphatic heterocycles. The van der Waals surface area contributed by atoms with Gasteiger partial charge in [-0.3, -0.25) is 14.4 Å². The van der Waals surface area contributed by atoms with Crippen LogP contribution in [0.4, 0.5) is 0 Å². The van der Waals surface area contributed by atoms with Crippen LogP contribution in [0.1, 0.15) is 48.2 Å². The minimum absolute atomic E-state index is 0.0288. The van der Waals surface area contributed by atoms with Crippen molar-refractivity contribution in [1.29, 1.82) is 0 Å². The highest BCUT2D eigenvalue weighted by Gasteiger charge is 2.41. The Morgan fingerprint density at radius 3 is 2.52 bits per heavy atom. The number of esters is 2. The van der Waals surface area contributed by atoms with E-state index in [4.69, 9.17) is 14.2 Å². The lowest BCUT2D eigenvalue weighted by molar-refractivity contribution is -0.157. The van der Waals surface area contributed by atoms with E-state index < -0.39 is 17.5 Å². The van der Waals surface area contributed by atoms with Gasteiger partial charge in [-0.2, -0.15) is 0 Å². The molecule has 0 amide bonds. The second-order valence-electron chi connectivity index (χ2n) is 7.56. The van der Waals surface area contributed by atoms with Crippen molar-refractivity contribution in [2.45, 2.75) is 38.9 Å². The normalized spacial score (nSPS) is 14.3. The van der Waals surface area contributed by atoms with E-state index in [2.05, 4.69) is 5.32 Å². The second kappa shape index (κ2) is 11.1. The second-order valence-corrected chi connectivity index (χ2v) is 7.56. The SMILES string of the molecule is CC(=O)OCCC(OC(C)=O)(C1=CCC=CN1)c1ccc(C=O)c(OCc2ccccc2)c1. The molecule has 1 unspecified atom stereocenters. The Morgan fingerprint density at radius 2 is 1.88 bits per heavy atom. The predicted octanol–water partition coefficient (Wildman–Crippen LogP) is 4.18. The molecule has 1 atom stereocenters. The molecule has 1 N–H and O–H groups in total. The molecule has 3 rings (SSSR count). The van der Waals surface area contributed by atoms with E-state index in [1.54, 1.807) is 24.4 Å². The molecule has 7 nitrogen and oxygen atoms in total. The molecule has 0 saturated heterocycles. The lowest BCUT2D eigenvalue weighted by Crippen LogP contribution is -2.40. The van der Waals surface area contributed by atoms with Crippen LogP contribution in [0, 0.1) is 0 Å². The molecule has 0 spiro atoms. The Hall–Kier alpha value is -3.87. The Morgan fingerprint density at radius 1 is 1.09 bits per heavy atom. The minimum Gasteiger partial charge on any atom is -0.488 e. The lowest BCUT2D eigenvalue weighted by atomic mass is 9.85. The van der Waals surface area contributed by atoms with Crippen LogP contribution in [0.3, 0.4) is 0 Å². The van der Waals surface area contributed by atoms with Gasteiger partial charge in [0.25, 0.3) is 0 Å². The maximum atomic E-state index is 12.2. The van der Waals surface area contributed by atoms with Crippen LogP contribution >= 0.6 is 0 Å². The van der Waals surface area contributed by atoms with Gasteiger partial charge in [-0.15, -0.1) is 0 Å². The largest absolute Gasteiger partial charge is 0.488 e. The van der Waals surface area contributed by atoms with E-state index in [1.165, 1.54) is 13.8 Å². The number of rotatable bonds is 10. The highest BCUT2D eigenvalue weighted by atomic mass is 16.6. The molecular formula is C26H27NO6. The number of allylic oxidation sites excluding steroid dienone is 2. The van der Waals surface area contributed by atoms with Crippen LogP contribution in [0.15, 0.2) is 72.6 Å². The van der Waals surface area contributed by atoms with E-state index in [9.17, 15) is 14.4 Å². The van der Waals surface area contributed by atoms with Gasteiger partial charge in [0, 0.05) is 25.8 Å². The van der Waals surface area contributed by atoms with E-state index >= 15 is 0 Å². The fraction of sp³-hybridized carbons (Fsp3) is 0.269. The number of ether oxygens (including phenoxy) is 3. The summed E-state index contributed by atoms with van der Waals surface area (Å²) in [5.74, 6) is -0.566. The molecule has 0 aromatic heterocycles. The van der Waals surface area contributed by atoms with Crippen LogP contribution < -0.4 is 10.1 Å². The number of dihydropyridines is 1. The highest BCUT2D eigenvalue weighted by molar-refractivity contribution is 5.79. The average molecular weight is 450 g/mol. The molecule has 2 aromatic rings. The Bertz CT molecular complexity index is 1060. The fourth-order valence-electron chi connectivity index (χ4n) is 3.67. The summed E-state index contributed by atoms with van der Waals surface area (Å²) in [7, 11) is 0. The quantitative estimate of drug-likeness (QED) is 0.430. The monoisotopic (exact) mass is 449 g/mol. The summed E-state index contributed by atoms with van der Waals surface area (Å²) in [6, 6.07) is 14.6. The average Bonchev–Trinajstić information content (AvgIpc) is 2.82. The summed E-state index contributed by atoms with van der Waals surface area (Å²) >= 11 is 0. The van der Waals surface area contributed by atoms with Crippen LogP contribution in [0.2, 0.25) is 0 Å². The van der Waals surface area contributed by atoms with Crippen LogP contribution in [-0.4, -0.2) is 24.8 Å². The molecule has 0 radical (unpaired) electrons. The summed E-state index contributed by atoms with van der Waals surface area (Å²) in [6.45, 7) is 2.94. The zero-order valence-corrected chi connectivity index (χ0v) is 18.7. The maximum absolute atomic E-state index is 12.2. The summed E-state index contributed by atoms with van der Waals surface area (Å²) in [5.41, 5.74) is 1.28. The molecule has 0 bridgehead atoms. The van der Waals surface area contributed by atoms with Crippen molar-refractivity contribution in [1.82, 2.24) is 5.32 Å². The van der Waals surface area contributed by atoms with Gasteiger partial charge < -0.3 is 19.5 Å². The first-order chi connectivity index (χ1) is 15.9. The molecule has 1 aliphatic rings. The number of carbonyl (C=O) groups is 3. The number of hydrogen-bond acceptors (Lipinski definition) is 7. The van der Waals surface area contributed by atoms with Gasteiger partial charge in [-0.05, 0) is 30.3 Å². The van der Waals surface area contributed by atoms with Crippen molar-refractivity contribution in [2.75, 3.05) is 6.61 Å². The lowest BCUT2D eigenvalue weighted by Gasteiger charge is -2.37. The molecular weight excluding hydrogens is 422 g/mol. The van der Waals surface area contributed by atoms with E-state index in [1.807, 2.05) is 42.5 Å². The summed E-state index contributed by atoms with van der Waals surface area (Å²) < 4.78 is 17.1. The smallest absolute Gasteiger partial charge is 0.303 e. The molecule has 2 aromatic carbocycles. The van der Waals surface area contributed by atoms with Gasteiger partial charge in [0.1, 0.15) is 12.4 Å². The Labute approximate surface area is 193 Å². The number of aldehydes is 1. The van der Waals surface area contributed by atoms with Crippen molar-refractivity contribution in [3.05, 3.63) is 89.3 Å². The van der Waals surface area contributed by atoms with Crippen molar-refractivity contribution >= 4 is 18.2 Å². The van der Waals surface area contributed by atoms with Gasteiger partial charge in [0.2, 0.25) is 0 Å². The molecule has 7 heteroatoms. The van der Waals surface area contributed by atoms with E-state index in [0.29, 0.717) is 29.0 Å². The third-order valence-electron chi connectivity index (χ3n) is 5.17. The maximum Gasteiger partial charge on any atom is 0.303 e. The van der Waals surface area contributed by atoms with Gasteiger partial charge in [0.15, 0.2) is 11.9 Å². The van der Waals surface area contributed by atoms with Gasteiger partial charge in [-0.25, -0.2) is 0 Å². The molecule has 33 heavy (non-hydrogen) atoms. The third kappa shape index (κ3) is 6.10. The van der Waals surface area contributed by atoms with Crippen molar-refractivity contribution in [3.63, 3.8) is 0 Å². The summed E-state index contributed by atoms with van der Waals surface area (Å²) in [4.78, 5) is 35.3. The van der Waals surface area contributed by atoms with Gasteiger partial charge >= 0.3 is 11.9 Å². The first-order valence-electron chi connectivity index (χ1n) is 10.7. The Balaban J connectivity index is 2.03. The first kappa shape index (κ1) is 23.8. The van der Waals surface area contributed by atoms with Crippen LogP contribution in [0.5, 0.6) is 5.75 Å². The van der Waals surface area contributed by atoms with Crippen molar-refractivity contribution in [2.24, 2.45) is 0 Å². The van der Waals surface area contributed by atoms with Gasteiger partial charge in [-0.1, -0.05) is 48.6 Å². The topological polar surface area (TPSA) is 90.9 Å². The standard InChI is InChI=1S/C26H27NO6/c1-19(29)31-15-13-26(33-20(2)30,25-10-6-7-14-27-25)23-12-11-22(17-28)24(16-23)32-18-21-8-4-3-5-9-21/h3-5,7-12,14,16-17,27H,6,13,15,18H2,1-2H3.